The highest BCUT2D eigenvalue weighted by Crippen LogP contribution is 2.21. The minimum Gasteiger partial charge on any atom is -0.479 e. The Morgan fingerprint density at radius 2 is 1.62 bits per heavy atom. The molecule has 0 aliphatic carbocycles. The molecule has 1 aromatic heterocycles. The standard InChI is InChI=1S/C19H18N4O3/c1-13-20-16(22-23(13)15-11-7-4-8-12-15)17(24)21-19(2,18(25)26)14-9-5-3-6-10-14/h3-12H,1-2H3,(H,21,24)(H,25,26)/t19-/m0/s1. The van der Waals surface area contributed by atoms with E-state index in [0.717, 1.165) is 5.69 Å². The van der Waals surface area contributed by atoms with Crippen LogP contribution in [-0.2, 0) is 10.3 Å². The molecule has 1 heterocycles. The van der Waals surface area contributed by atoms with Crippen molar-refractivity contribution in [3.8, 4) is 5.69 Å². The van der Waals surface area contributed by atoms with Gasteiger partial charge in [-0.3, -0.25) is 4.79 Å². The van der Waals surface area contributed by atoms with Crippen molar-refractivity contribution in [1.82, 2.24) is 20.1 Å². The first-order chi connectivity index (χ1) is 12.4. The third kappa shape index (κ3) is 3.19. The molecule has 0 saturated heterocycles. The van der Waals surface area contributed by atoms with Crippen molar-refractivity contribution < 1.29 is 14.7 Å². The SMILES string of the molecule is Cc1nc(C(=O)N[C@](C)(C(=O)O)c2ccccc2)nn1-c1ccccc1. The minimum atomic E-state index is -1.59. The predicted molar refractivity (Wildman–Crippen MR) is 95.0 cm³/mol. The zero-order chi connectivity index (χ0) is 18.7. The smallest absolute Gasteiger partial charge is 0.333 e. The lowest BCUT2D eigenvalue weighted by Gasteiger charge is -2.26. The normalized spacial score (nSPS) is 13.0. The highest BCUT2D eigenvalue weighted by Gasteiger charge is 2.38. The van der Waals surface area contributed by atoms with Crippen LogP contribution in [0.25, 0.3) is 5.69 Å². The van der Waals surface area contributed by atoms with Crippen LogP contribution in [0.5, 0.6) is 0 Å². The van der Waals surface area contributed by atoms with E-state index < -0.39 is 17.4 Å². The molecule has 0 fully saturated rings. The molecule has 3 aromatic rings. The van der Waals surface area contributed by atoms with Gasteiger partial charge in [0.2, 0.25) is 5.82 Å². The Kier molecular flexibility index (Phi) is 4.53. The van der Waals surface area contributed by atoms with Gasteiger partial charge in [0.05, 0.1) is 5.69 Å². The summed E-state index contributed by atoms with van der Waals surface area (Å²) in [5.41, 5.74) is -0.370. The van der Waals surface area contributed by atoms with Gasteiger partial charge >= 0.3 is 5.97 Å². The molecule has 7 heteroatoms. The first kappa shape index (κ1) is 17.3. The number of carboxylic acid groups (broad SMARTS) is 1. The number of aromatic nitrogens is 3. The van der Waals surface area contributed by atoms with Crippen LogP contribution < -0.4 is 5.32 Å². The Morgan fingerprint density at radius 3 is 2.19 bits per heavy atom. The molecule has 0 unspecified atom stereocenters. The quantitative estimate of drug-likeness (QED) is 0.736. The van der Waals surface area contributed by atoms with Crippen LogP contribution in [0.1, 0.15) is 28.9 Å². The molecule has 1 atom stereocenters. The average molecular weight is 350 g/mol. The summed E-state index contributed by atoms with van der Waals surface area (Å²) in [7, 11) is 0. The van der Waals surface area contributed by atoms with Crippen LogP contribution >= 0.6 is 0 Å². The summed E-state index contributed by atoms with van der Waals surface area (Å²) >= 11 is 0. The molecular formula is C19H18N4O3. The molecular weight excluding hydrogens is 332 g/mol. The Balaban J connectivity index is 1.91. The molecule has 26 heavy (non-hydrogen) atoms. The van der Waals surface area contributed by atoms with E-state index >= 15 is 0 Å². The first-order valence-electron chi connectivity index (χ1n) is 8.02. The number of amides is 1. The molecule has 0 saturated carbocycles. The number of aryl methyl sites for hydroxylation is 1. The Bertz CT molecular complexity index is 938. The number of benzene rings is 2. The van der Waals surface area contributed by atoms with Crippen molar-refractivity contribution in [2.75, 3.05) is 0 Å². The number of rotatable bonds is 5. The number of hydrogen-bond acceptors (Lipinski definition) is 4. The zero-order valence-electron chi connectivity index (χ0n) is 14.4. The summed E-state index contributed by atoms with van der Waals surface area (Å²) in [6, 6.07) is 17.8. The fraction of sp³-hybridized carbons (Fsp3) is 0.158. The summed E-state index contributed by atoms with van der Waals surface area (Å²) in [6.45, 7) is 3.16. The van der Waals surface area contributed by atoms with E-state index in [1.807, 2.05) is 30.3 Å². The van der Waals surface area contributed by atoms with E-state index in [2.05, 4.69) is 15.4 Å². The van der Waals surface area contributed by atoms with Crippen LogP contribution in [0.15, 0.2) is 60.7 Å². The number of nitrogens with zero attached hydrogens (tertiary/aromatic N) is 3. The molecule has 0 aliphatic rings. The Labute approximate surface area is 150 Å². The average Bonchev–Trinajstić information content (AvgIpc) is 3.05. The van der Waals surface area contributed by atoms with Gasteiger partial charge in [-0.05, 0) is 31.5 Å². The zero-order valence-corrected chi connectivity index (χ0v) is 14.4. The lowest BCUT2D eigenvalue weighted by molar-refractivity contribution is -0.144. The van der Waals surface area contributed by atoms with Crippen molar-refractivity contribution in [1.29, 1.82) is 0 Å². The van der Waals surface area contributed by atoms with Gasteiger partial charge in [0.15, 0.2) is 5.54 Å². The van der Waals surface area contributed by atoms with Gasteiger partial charge in [0, 0.05) is 0 Å². The van der Waals surface area contributed by atoms with Crippen molar-refractivity contribution >= 4 is 11.9 Å². The van der Waals surface area contributed by atoms with Crippen molar-refractivity contribution in [2.45, 2.75) is 19.4 Å². The maximum atomic E-state index is 12.6. The number of carboxylic acids is 1. The van der Waals surface area contributed by atoms with Gasteiger partial charge < -0.3 is 10.4 Å². The number of carbonyl (C=O) groups excluding carboxylic acids is 1. The highest BCUT2D eigenvalue weighted by molar-refractivity contribution is 5.95. The third-order valence-electron chi connectivity index (χ3n) is 4.12. The fourth-order valence-corrected chi connectivity index (χ4v) is 2.60. The summed E-state index contributed by atoms with van der Waals surface area (Å²) in [5.74, 6) is -1.39. The number of nitrogens with one attached hydrogen (secondary N) is 1. The molecule has 0 aliphatic heterocycles. The van der Waals surface area contributed by atoms with Crippen molar-refractivity contribution in [3.05, 3.63) is 77.9 Å². The topological polar surface area (TPSA) is 97.1 Å². The van der Waals surface area contributed by atoms with E-state index in [0.29, 0.717) is 11.4 Å². The van der Waals surface area contributed by atoms with Crippen LogP contribution in [-0.4, -0.2) is 31.7 Å². The molecule has 132 valence electrons. The monoisotopic (exact) mass is 350 g/mol. The number of aliphatic carboxylic acids is 1. The maximum Gasteiger partial charge on any atom is 0.333 e. The van der Waals surface area contributed by atoms with Crippen LogP contribution in [0.4, 0.5) is 0 Å². The number of hydrogen-bond donors (Lipinski definition) is 2. The molecule has 0 radical (unpaired) electrons. The fourth-order valence-electron chi connectivity index (χ4n) is 2.60. The van der Waals surface area contributed by atoms with Gasteiger partial charge in [0.25, 0.3) is 5.91 Å². The molecule has 7 nitrogen and oxygen atoms in total. The highest BCUT2D eigenvalue weighted by atomic mass is 16.4. The predicted octanol–water partition coefficient (Wildman–Crippen LogP) is 2.31. The molecule has 0 bridgehead atoms. The summed E-state index contributed by atoms with van der Waals surface area (Å²) in [5, 5.41) is 16.4. The van der Waals surface area contributed by atoms with Gasteiger partial charge in [-0.25, -0.2) is 14.5 Å². The van der Waals surface area contributed by atoms with Gasteiger partial charge in [0.1, 0.15) is 5.82 Å². The third-order valence-corrected chi connectivity index (χ3v) is 4.12. The second-order valence-corrected chi connectivity index (χ2v) is 5.98. The molecule has 2 aromatic carbocycles. The van der Waals surface area contributed by atoms with Gasteiger partial charge in [-0.15, -0.1) is 5.10 Å². The largest absolute Gasteiger partial charge is 0.479 e. The van der Waals surface area contributed by atoms with E-state index in [1.54, 1.807) is 37.3 Å². The van der Waals surface area contributed by atoms with E-state index in [4.69, 9.17) is 0 Å². The number of carbonyl (C=O) groups is 2. The number of para-hydroxylation sites is 1. The second kappa shape index (κ2) is 6.79. The van der Waals surface area contributed by atoms with Crippen LogP contribution in [0.2, 0.25) is 0 Å². The second-order valence-electron chi connectivity index (χ2n) is 5.98. The lowest BCUT2D eigenvalue weighted by Crippen LogP contribution is -2.49. The lowest BCUT2D eigenvalue weighted by atomic mass is 9.92. The van der Waals surface area contributed by atoms with Crippen molar-refractivity contribution in [2.24, 2.45) is 0 Å². The Hall–Kier alpha value is -3.48. The summed E-state index contributed by atoms with van der Waals surface area (Å²) in [6.07, 6.45) is 0. The van der Waals surface area contributed by atoms with Crippen LogP contribution in [0.3, 0.4) is 0 Å². The van der Waals surface area contributed by atoms with E-state index in [1.165, 1.54) is 11.6 Å². The van der Waals surface area contributed by atoms with Gasteiger partial charge in [-0.1, -0.05) is 48.5 Å². The molecule has 0 spiro atoms. The van der Waals surface area contributed by atoms with Crippen molar-refractivity contribution in [3.63, 3.8) is 0 Å². The molecule has 2 N–H and O–H groups in total. The van der Waals surface area contributed by atoms with Gasteiger partial charge in [-0.2, -0.15) is 0 Å². The van der Waals surface area contributed by atoms with E-state index in [9.17, 15) is 14.7 Å². The Morgan fingerprint density at radius 1 is 1.04 bits per heavy atom. The summed E-state index contributed by atoms with van der Waals surface area (Å²) < 4.78 is 1.54. The van der Waals surface area contributed by atoms with E-state index in [-0.39, 0.29) is 5.82 Å². The molecule has 1 amide bonds. The first-order valence-corrected chi connectivity index (χ1v) is 8.02. The molecule has 3 rings (SSSR count). The minimum absolute atomic E-state index is 0.0882. The maximum absolute atomic E-state index is 12.6. The van der Waals surface area contributed by atoms with Crippen LogP contribution in [0, 0.1) is 6.92 Å². The summed E-state index contributed by atoms with van der Waals surface area (Å²) in [4.78, 5) is 28.6.